The van der Waals surface area contributed by atoms with E-state index >= 15 is 0 Å². The van der Waals surface area contributed by atoms with E-state index in [1.54, 1.807) is 6.92 Å². The maximum atomic E-state index is 12.7. The normalized spacial score (nSPS) is 13.2. The van der Waals surface area contributed by atoms with Gasteiger partial charge in [0, 0.05) is 10.6 Å². The molecule has 0 aliphatic heterocycles. The van der Waals surface area contributed by atoms with Crippen LogP contribution < -0.4 is 5.32 Å². The Labute approximate surface area is 174 Å². The Balaban J connectivity index is 1.48. The van der Waals surface area contributed by atoms with Crippen LogP contribution in [0.1, 0.15) is 38.8 Å². The fourth-order valence-corrected chi connectivity index (χ4v) is 4.83. The number of aryl methyl sites for hydroxylation is 4. The quantitative estimate of drug-likeness (QED) is 0.598. The number of hydrogen-bond donors (Lipinski definition) is 1. The molecule has 4 rings (SSSR count). The van der Waals surface area contributed by atoms with Crippen molar-refractivity contribution in [1.82, 2.24) is 0 Å². The van der Waals surface area contributed by atoms with Crippen LogP contribution >= 0.6 is 11.3 Å². The zero-order valence-electron chi connectivity index (χ0n) is 16.7. The van der Waals surface area contributed by atoms with Gasteiger partial charge in [0.05, 0.1) is 0 Å². The molecule has 3 aromatic rings. The third-order valence-corrected chi connectivity index (χ3v) is 6.51. The number of carbonyl (C=O) groups is 2. The number of benzene rings is 2. The van der Waals surface area contributed by atoms with Crippen molar-refractivity contribution in [3.8, 4) is 10.4 Å². The second-order valence-corrected chi connectivity index (χ2v) is 8.48. The Morgan fingerprint density at radius 3 is 2.45 bits per heavy atom. The SMILES string of the molecule is Cc1cccc(C)c1NC(=O)[C@@H](C)OC(=O)c1cc2c(s1)-c1ccccc1CC2. The highest BCUT2D eigenvalue weighted by Crippen LogP contribution is 2.39. The lowest BCUT2D eigenvalue weighted by Gasteiger charge is -2.16. The van der Waals surface area contributed by atoms with Crippen molar-refractivity contribution in [3.63, 3.8) is 0 Å². The lowest BCUT2D eigenvalue weighted by molar-refractivity contribution is -0.123. The van der Waals surface area contributed by atoms with Crippen LogP contribution in [0.3, 0.4) is 0 Å². The zero-order chi connectivity index (χ0) is 20.5. The van der Waals surface area contributed by atoms with E-state index in [0.29, 0.717) is 4.88 Å². The van der Waals surface area contributed by atoms with Gasteiger partial charge in [-0.25, -0.2) is 4.79 Å². The molecule has 148 valence electrons. The molecule has 1 heterocycles. The van der Waals surface area contributed by atoms with Gasteiger partial charge in [0.1, 0.15) is 4.88 Å². The monoisotopic (exact) mass is 405 g/mol. The molecule has 1 aromatic heterocycles. The summed E-state index contributed by atoms with van der Waals surface area (Å²) in [6.45, 7) is 5.48. The summed E-state index contributed by atoms with van der Waals surface area (Å²) in [6.07, 6.45) is 1.01. The van der Waals surface area contributed by atoms with Crippen LogP contribution in [-0.2, 0) is 22.4 Å². The maximum Gasteiger partial charge on any atom is 0.349 e. The number of hydrogen-bond acceptors (Lipinski definition) is 4. The average molecular weight is 406 g/mol. The largest absolute Gasteiger partial charge is 0.448 e. The Hall–Kier alpha value is -2.92. The van der Waals surface area contributed by atoms with Gasteiger partial charge in [-0.2, -0.15) is 0 Å². The van der Waals surface area contributed by atoms with Crippen molar-refractivity contribution in [3.05, 3.63) is 75.7 Å². The molecule has 2 aromatic carbocycles. The molecule has 0 saturated heterocycles. The number of fused-ring (bicyclic) bond motifs is 3. The first-order valence-corrected chi connectivity index (χ1v) is 10.5. The highest BCUT2D eigenvalue weighted by atomic mass is 32.1. The topological polar surface area (TPSA) is 55.4 Å². The van der Waals surface area contributed by atoms with Crippen molar-refractivity contribution >= 4 is 28.9 Å². The molecule has 5 heteroatoms. The minimum absolute atomic E-state index is 0.331. The first-order valence-electron chi connectivity index (χ1n) is 9.73. The number of ether oxygens (including phenoxy) is 1. The number of thiophene rings is 1. The van der Waals surface area contributed by atoms with Gasteiger partial charge in [-0.15, -0.1) is 11.3 Å². The van der Waals surface area contributed by atoms with Gasteiger partial charge < -0.3 is 10.1 Å². The van der Waals surface area contributed by atoms with Crippen LogP contribution in [0.25, 0.3) is 10.4 Å². The molecule has 4 nitrogen and oxygen atoms in total. The standard InChI is InChI=1S/C24H23NO3S/c1-14-7-6-8-15(2)21(14)25-23(26)16(3)28-24(27)20-13-18-12-11-17-9-4-5-10-19(17)22(18)29-20/h4-10,13,16H,11-12H2,1-3H3,(H,25,26)/t16-/m1/s1. The molecule has 0 fully saturated rings. The summed E-state index contributed by atoms with van der Waals surface area (Å²) in [6, 6.07) is 16.0. The number of nitrogens with one attached hydrogen (secondary N) is 1. The summed E-state index contributed by atoms with van der Waals surface area (Å²) in [5.74, 6) is -0.784. The van der Waals surface area contributed by atoms with E-state index in [1.165, 1.54) is 28.0 Å². The number of anilines is 1. The molecule has 0 spiro atoms. The molecular formula is C24H23NO3S. The van der Waals surface area contributed by atoms with E-state index in [4.69, 9.17) is 4.74 Å². The Morgan fingerprint density at radius 1 is 1.00 bits per heavy atom. The summed E-state index contributed by atoms with van der Waals surface area (Å²) >= 11 is 1.44. The first kappa shape index (κ1) is 19.4. The van der Waals surface area contributed by atoms with Crippen molar-refractivity contribution < 1.29 is 14.3 Å². The summed E-state index contributed by atoms with van der Waals surface area (Å²) in [7, 11) is 0. The number of amides is 1. The van der Waals surface area contributed by atoms with E-state index in [9.17, 15) is 9.59 Å². The van der Waals surface area contributed by atoms with E-state index in [0.717, 1.165) is 34.5 Å². The Morgan fingerprint density at radius 2 is 1.69 bits per heavy atom. The van der Waals surface area contributed by atoms with Crippen LogP contribution in [0.5, 0.6) is 0 Å². The van der Waals surface area contributed by atoms with Gasteiger partial charge in [-0.05, 0) is 67.5 Å². The summed E-state index contributed by atoms with van der Waals surface area (Å²) in [5, 5.41) is 2.88. The number of rotatable bonds is 4. The molecule has 1 amide bonds. The van der Waals surface area contributed by atoms with Gasteiger partial charge in [0.25, 0.3) is 5.91 Å². The molecule has 1 aliphatic carbocycles. The predicted molar refractivity (Wildman–Crippen MR) is 117 cm³/mol. The Bertz CT molecular complexity index is 1080. The van der Waals surface area contributed by atoms with Crippen molar-refractivity contribution in [2.75, 3.05) is 5.32 Å². The van der Waals surface area contributed by atoms with Crippen LogP contribution in [0.15, 0.2) is 48.5 Å². The minimum atomic E-state index is -0.882. The second kappa shape index (κ2) is 7.84. The minimum Gasteiger partial charge on any atom is -0.448 e. The van der Waals surface area contributed by atoms with Crippen molar-refractivity contribution in [2.45, 2.75) is 39.7 Å². The summed E-state index contributed by atoms with van der Waals surface area (Å²) in [4.78, 5) is 26.9. The predicted octanol–water partition coefficient (Wildman–Crippen LogP) is 5.31. The van der Waals surface area contributed by atoms with Gasteiger partial charge in [0.2, 0.25) is 0 Å². The molecule has 1 N–H and O–H groups in total. The second-order valence-electron chi connectivity index (χ2n) is 7.43. The van der Waals surface area contributed by atoms with Crippen LogP contribution in [0.4, 0.5) is 5.69 Å². The number of esters is 1. The molecule has 29 heavy (non-hydrogen) atoms. The molecular weight excluding hydrogens is 382 g/mol. The highest BCUT2D eigenvalue weighted by Gasteiger charge is 2.25. The smallest absolute Gasteiger partial charge is 0.349 e. The highest BCUT2D eigenvalue weighted by molar-refractivity contribution is 7.17. The lowest BCUT2D eigenvalue weighted by Crippen LogP contribution is -2.30. The number of carbonyl (C=O) groups excluding carboxylic acids is 2. The fourth-order valence-electron chi connectivity index (χ4n) is 3.68. The van der Waals surface area contributed by atoms with Gasteiger partial charge >= 0.3 is 5.97 Å². The third-order valence-electron chi connectivity index (χ3n) is 5.32. The van der Waals surface area contributed by atoms with E-state index < -0.39 is 12.1 Å². The van der Waals surface area contributed by atoms with Crippen molar-refractivity contribution in [1.29, 1.82) is 0 Å². The van der Waals surface area contributed by atoms with E-state index in [-0.39, 0.29) is 5.91 Å². The molecule has 0 saturated carbocycles. The first-order chi connectivity index (χ1) is 13.9. The average Bonchev–Trinajstić information content (AvgIpc) is 3.15. The van der Waals surface area contributed by atoms with Gasteiger partial charge in [-0.3, -0.25) is 4.79 Å². The zero-order valence-corrected chi connectivity index (χ0v) is 17.6. The molecule has 1 aliphatic rings. The van der Waals surface area contributed by atoms with Crippen LogP contribution in [-0.4, -0.2) is 18.0 Å². The van der Waals surface area contributed by atoms with Crippen molar-refractivity contribution in [2.24, 2.45) is 0 Å². The summed E-state index contributed by atoms with van der Waals surface area (Å²) in [5.41, 5.74) is 6.39. The van der Waals surface area contributed by atoms with E-state index in [1.807, 2.05) is 50.2 Å². The molecule has 0 bridgehead atoms. The van der Waals surface area contributed by atoms with Crippen LogP contribution in [0.2, 0.25) is 0 Å². The number of para-hydroxylation sites is 1. The van der Waals surface area contributed by atoms with E-state index in [2.05, 4.69) is 17.4 Å². The molecule has 0 unspecified atom stereocenters. The van der Waals surface area contributed by atoms with Gasteiger partial charge in [0.15, 0.2) is 6.10 Å². The lowest BCUT2D eigenvalue weighted by atomic mass is 9.91. The molecule has 1 atom stereocenters. The van der Waals surface area contributed by atoms with Crippen LogP contribution in [0, 0.1) is 13.8 Å². The molecule has 0 radical (unpaired) electrons. The summed E-state index contributed by atoms with van der Waals surface area (Å²) < 4.78 is 5.48. The third kappa shape index (κ3) is 3.83. The van der Waals surface area contributed by atoms with Gasteiger partial charge in [-0.1, -0.05) is 42.5 Å². The Kier molecular flexibility index (Phi) is 5.24. The maximum absolute atomic E-state index is 12.7. The fraction of sp³-hybridized carbons (Fsp3) is 0.250.